The van der Waals surface area contributed by atoms with Gasteiger partial charge in [0.25, 0.3) is 11.7 Å². The number of fused-ring (bicyclic) bond motifs is 1. The first-order chi connectivity index (χ1) is 20.8. The van der Waals surface area contributed by atoms with Crippen LogP contribution in [-0.2, 0) is 23.2 Å². The maximum Gasteiger partial charge on any atom is 0.410 e. The van der Waals surface area contributed by atoms with Gasteiger partial charge in [0.1, 0.15) is 5.60 Å². The number of carbonyl (C=O) groups excluding carboxylic acids is 2. The van der Waals surface area contributed by atoms with Crippen molar-refractivity contribution in [2.75, 3.05) is 11.9 Å². The van der Waals surface area contributed by atoms with Gasteiger partial charge in [-0.2, -0.15) is 10.1 Å². The Balaban J connectivity index is 1.44. The molecule has 13 nitrogen and oxygen atoms in total. The summed E-state index contributed by atoms with van der Waals surface area (Å²) in [7, 11) is 0. The van der Waals surface area contributed by atoms with Gasteiger partial charge in [-0.3, -0.25) is 9.48 Å². The summed E-state index contributed by atoms with van der Waals surface area (Å²) in [5, 5.41) is 14.4. The van der Waals surface area contributed by atoms with Crippen LogP contribution in [0.15, 0.2) is 47.4 Å². The summed E-state index contributed by atoms with van der Waals surface area (Å²) in [6.07, 6.45) is 5.34. The Morgan fingerprint density at radius 1 is 1.11 bits per heavy atom. The second-order valence-corrected chi connectivity index (χ2v) is 12.8. The maximum absolute atomic E-state index is 13.2. The fourth-order valence-electron chi connectivity index (χ4n) is 4.75. The molecule has 0 aliphatic carbocycles. The number of nitrogens with one attached hydrogen (secondary N) is 2. The molecule has 44 heavy (non-hydrogen) atoms. The molecule has 0 fully saturated rings. The third kappa shape index (κ3) is 7.21. The minimum Gasteiger partial charge on any atom is -0.444 e. The molecule has 4 heterocycles. The Morgan fingerprint density at radius 3 is 2.59 bits per heavy atom. The predicted molar refractivity (Wildman–Crippen MR) is 163 cm³/mol. The lowest BCUT2D eigenvalue weighted by atomic mass is 9.96. The SMILES string of the molecule is CCn1cc(Nc2nccc(-c3ccc4c(c3)CN(C(=O)OC(C)(C)C)CCC4NC(=O)c3noc(C(C)(C)C)n3)n2)cn1. The van der Waals surface area contributed by atoms with Crippen molar-refractivity contribution < 1.29 is 18.8 Å². The van der Waals surface area contributed by atoms with Crippen LogP contribution in [0.1, 0.15) is 88.6 Å². The first-order valence-electron chi connectivity index (χ1n) is 14.7. The number of amides is 2. The van der Waals surface area contributed by atoms with Crippen molar-refractivity contribution in [3.63, 3.8) is 0 Å². The number of ether oxygens (including phenoxy) is 1. The van der Waals surface area contributed by atoms with E-state index in [1.54, 1.807) is 17.3 Å². The molecular formula is C31H39N9O4. The van der Waals surface area contributed by atoms with E-state index < -0.39 is 29.1 Å². The molecule has 232 valence electrons. The average Bonchev–Trinajstić information content (AvgIpc) is 3.60. The molecule has 0 spiro atoms. The second kappa shape index (κ2) is 12.1. The molecule has 3 aromatic heterocycles. The molecule has 0 saturated heterocycles. The number of hydrogen-bond donors (Lipinski definition) is 2. The molecule has 1 aromatic carbocycles. The minimum atomic E-state index is -0.650. The van der Waals surface area contributed by atoms with E-state index in [4.69, 9.17) is 14.2 Å². The lowest BCUT2D eigenvalue weighted by molar-refractivity contribution is 0.0234. The molecule has 5 rings (SSSR count). The van der Waals surface area contributed by atoms with Crippen LogP contribution in [0.5, 0.6) is 0 Å². The molecule has 13 heteroatoms. The van der Waals surface area contributed by atoms with Gasteiger partial charge in [-0.1, -0.05) is 38.1 Å². The van der Waals surface area contributed by atoms with Gasteiger partial charge < -0.3 is 24.8 Å². The number of aromatic nitrogens is 6. The molecule has 4 aromatic rings. The van der Waals surface area contributed by atoms with E-state index in [2.05, 4.69) is 30.9 Å². The zero-order valence-corrected chi connectivity index (χ0v) is 26.2. The second-order valence-electron chi connectivity index (χ2n) is 12.8. The van der Waals surface area contributed by atoms with Gasteiger partial charge >= 0.3 is 6.09 Å². The molecule has 1 unspecified atom stereocenters. The standard InChI is InChI=1S/C31H39N9O4/c1-8-40-18-21(16-33-40)34-28-32-13-11-23(36-28)19-9-10-22-20(15-19)17-39(29(42)43-31(5,6)7)14-12-24(22)35-26(41)25-37-27(44-38-25)30(2,3)4/h9-11,13,15-16,18,24H,8,12,14,17H2,1-7H3,(H,35,41)(H,32,34,36). The highest BCUT2D eigenvalue weighted by Crippen LogP contribution is 2.32. The first kappa shape index (κ1) is 30.6. The number of nitrogens with zero attached hydrogens (tertiary/aromatic N) is 7. The zero-order chi connectivity index (χ0) is 31.6. The smallest absolute Gasteiger partial charge is 0.410 e. The monoisotopic (exact) mass is 601 g/mol. The van der Waals surface area contributed by atoms with Gasteiger partial charge in [0.05, 0.1) is 23.6 Å². The van der Waals surface area contributed by atoms with Crippen LogP contribution in [0.3, 0.4) is 0 Å². The molecule has 0 radical (unpaired) electrons. The molecule has 1 aliphatic rings. The number of rotatable bonds is 6. The maximum atomic E-state index is 13.2. The van der Waals surface area contributed by atoms with Crippen LogP contribution in [-0.4, -0.2) is 58.9 Å². The molecule has 2 N–H and O–H groups in total. The minimum absolute atomic E-state index is 0.0353. The third-order valence-electron chi connectivity index (χ3n) is 6.96. The number of carbonyl (C=O) groups is 2. The predicted octanol–water partition coefficient (Wildman–Crippen LogP) is 5.40. The van der Waals surface area contributed by atoms with E-state index in [1.165, 1.54) is 0 Å². The fraction of sp³-hybridized carbons (Fsp3) is 0.452. The Labute approximate surface area is 256 Å². The van der Waals surface area contributed by atoms with Crippen molar-refractivity contribution in [1.29, 1.82) is 0 Å². The van der Waals surface area contributed by atoms with E-state index in [-0.39, 0.29) is 5.82 Å². The Hall–Kier alpha value is -4.81. The van der Waals surface area contributed by atoms with Crippen LogP contribution in [0, 0.1) is 0 Å². The summed E-state index contributed by atoms with van der Waals surface area (Å²) < 4.78 is 12.8. The van der Waals surface area contributed by atoms with Crippen molar-refractivity contribution in [1.82, 2.24) is 40.1 Å². The third-order valence-corrected chi connectivity index (χ3v) is 6.96. The van der Waals surface area contributed by atoms with Gasteiger partial charge in [-0.15, -0.1) is 0 Å². The van der Waals surface area contributed by atoms with E-state index in [0.717, 1.165) is 28.9 Å². The molecule has 0 saturated carbocycles. The summed E-state index contributed by atoms with van der Waals surface area (Å²) in [5.41, 5.74) is 3.02. The number of hydrogen-bond acceptors (Lipinski definition) is 10. The van der Waals surface area contributed by atoms with E-state index in [0.29, 0.717) is 37.0 Å². The van der Waals surface area contributed by atoms with Crippen molar-refractivity contribution in [2.45, 2.75) is 85.0 Å². The van der Waals surface area contributed by atoms with Crippen LogP contribution >= 0.6 is 0 Å². The van der Waals surface area contributed by atoms with Crippen LogP contribution in [0.25, 0.3) is 11.3 Å². The van der Waals surface area contributed by atoms with Crippen LogP contribution < -0.4 is 10.6 Å². The van der Waals surface area contributed by atoms with E-state index in [1.807, 2.05) is 83.6 Å². The highest BCUT2D eigenvalue weighted by atomic mass is 16.6. The number of aryl methyl sites for hydroxylation is 1. The average molecular weight is 602 g/mol. The Morgan fingerprint density at radius 2 is 1.91 bits per heavy atom. The van der Waals surface area contributed by atoms with Crippen molar-refractivity contribution in [2.24, 2.45) is 0 Å². The van der Waals surface area contributed by atoms with Crippen molar-refractivity contribution >= 4 is 23.6 Å². The highest BCUT2D eigenvalue weighted by Gasteiger charge is 2.31. The van der Waals surface area contributed by atoms with Gasteiger partial charge in [-0.25, -0.2) is 14.8 Å². The first-order valence-corrected chi connectivity index (χ1v) is 14.7. The highest BCUT2D eigenvalue weighted by molar-refractivity contribution is 5.90. The summed E-state index contributed by atoms with van der Waals surface area (Å²) in [4.78, 5) is 41.5. The van der Waals surface area contributed by atoms with Gasteiger partial charge in [0.2, 0.25) is 11.8 Å². The fourth-order valence-corrected chi connectivity index (χ4v) is 4.75. The molecule has 1 aliphatic heterocycles. The normalized spacial score (nSPS) is 15.3. The number of anilines is 2. The topological polar surface area (TPSA) is 153 Å². The molecular weight excluding hydrogens is 562 g/mol. The van der Waals surface area contributed by atoms with Crippen molar-refractivity contribution in [3.8, 4) is 11.3 Å². The summed E-state index contributed by atoms with van der Waals surface area (Å²) in [6, 6.07) is 7.32. The summed E-state index contributed by atoms with van der Waals surface area (Å²) in [6.45, 7) is 14.8. The Kier molecular flexibility index (Phi) is 8.40. The lowest BCUT2D eigenvalue weighted by Crippen LogP contribution is -2.37. The van der Waals surface area contributed by atoms with E-state index >= 15 is 0 Å². The van der Waals surface area contributed by atoms with Gasteiger partial charge in [0, 0.05) is 43.0 Å². The lowest BCUT2D eigenvalue weighted by Gasteiger charge is -2.26. The summed E-state index contributed by atoms with van der Waals surface area (Å²) in [5.74, 6) is 0.325. The largest absolute Gasteiger partial charge is 0.444 e. The molecule has 2 amide bonds. The molecule has 1 atom stereocenters. The van der Waals surface area contributed by atoms with Crippen LogP contribution in [0.2, 0.25) is 0 Å². The van der Waals surface area contributed by atoms with E-state index in [9.17, 15) is 9.59 Å². The van der Waals surface area contributed by atoms with Crippen LogP contribution in [0.4, 0.5) is 16.4 Å². The molecule has 0 bridgehead atoms. The zero-order valence-electron chi connectivity index (χ0n) is 26.2. The Bertz CT molecular complexity index is 1650. The van der Waals surface area contributed by atoms with Gasteiger partial charge in [0.15, 0.2) is 0 Å². The number of benzene rings is 1. The summed E-state index contributed by atoms with van der Waals surface area (Å²) >= 11 is 0. The quantitative estimate of drug-likeness (QED) is 0.294. The van der Waals surface area contributed by atoms with Gasteiger partial charge in [-0.05, 0) is 57.4 Å². The van der Waals surface area contributed by atoms with Crippen molar-refractivity contribution in [3.05, 3.63) is 65.7 Å².